The van der Waals surface area contributed by atoms with Gasteiger partial charge < -0.3 is 15.5 Å². The molecule has 0 aromatic heterocycles. The first-order valence-corrected chi connectivity index (χ1v) is 6.76. The summed E-state index contributed by atoms with van der Waals surface area (Å²) < 4.78 is 0. The Labute approximate surface area is 109 Å². The Morgan fingerprint density at radius 3 is 2.56 bits per heavy atom. The van der Waals surface area contributed by atoms with E-state index in [4.69, 9.17) is 0 Å². The summed E-state index contributed by atoms with van der Waals surface area (Å²) in [5.41, 5.74) is 0. The fourth-order valence-electron chi connectivity index (χ4n) is 2.48. The van der Waals surface area contributed by atoms with Crippen LogP contribution in [0, 0.1) is 5.92 Å². The monoisotopic (exact) mass is 255 g/mol. The molecule has 1 rings (SSSR count). The van der Waals surface area contributed by atoms with Gasteiger partial charge in [-0.15, -0.1) is 0 Å². The number of hydrogen-bond donors (Lipinski definition) is 2. The summed E-state index contributed by atoms with van der Waals surface area (Å²) in [6.07, 6.45) is 1.89. The number of rotatable bonds is 5. The van der Waals surface area contributed by atoms with Crippen molar-refractivity contribution in [2.75, 3.05) is 20.1 Å². The summed E-state index contributed by atoms with van der Waals surface area (Å²) in [4.78, 5) is 25.9. The molecule has 0 bridgehead atoms. The van der Waals surface area contributed by atoms with Gasteiger partial charge in [0.05, 0.1) is 6.04 Å². The van der Waals surface area contributed by atoms with Gasteiger partial charge in [0.1, 0.15) is 6.04 Å². The van der Waals surface area contributed by atoms with E-state index >= 15 is 0 Å². The van der Waals surface area contributed by atoms with E-state index in [1.54, 1.807) is 11.9 Å². The summed E-state index contributed by atoms with van der Waals surface area (Å²) in [5.74, 6) is 0.0608. The molecule has 0 aromatic rings. The molecule has 1 heterocycles. The van der Waals surface area contributed by atoms with Gasteiger partial charge in [0, 0.05) is 13.6 Å². The summed E-state index contributed by atoms with van der Waals surface area (Å²) in [7, 11) is 1.72. The van der Waals surface area contributed by atoms with Crippen LogP contribution >= 0.6 is 0 Å². The van der Waals surface area contributed by atoms with Gasteiger partial charge in [-0.1, -0.05) is 13.8 Å². The molecule has 104 valence electrons. The maximum atomic E-state index is 12.3. The number of amides is 2. The van der Waals surface area contributed by atoms with Crippen molar-refractivity contribution in [3.8, 4) is 0 Å². The number of nitrogens with zero attached hydrogens (tertiary/aromatic N) is 1. The third kappa shape index (κ3) is 3.45. The summed E-state index contributed by atoms with van der Waals surface area (Å²) in [6, 6.07) is -0.509. The lowest BCUT2D eigenvalue weighted by atomic mass is 10.0. The fourth-order valence-corrected chi connectivity index (χ4v) is 2.48. The van der Waals surface area contributed by atoms with Crippen molar-refractivity contribution in [3.63, 3.8) is 0 Å². The molecular weight excluding hydrogens is 230 g/mol. The Hall–Kier alpha value is -1.10. The molecule has 1 fully saturated rings. The maximum Gasteiger partial charge on any atom is 0.243 e. The molecule has 2 N–H and O–H groups in total. The Balaban J connectivity index is 2.72. The highest BCUT2D eigenvalue weighted by Gasteiger charge is 2.33. The van der Waals surface area contributed by atoms with Crippen LogP contribution in [0.4, 0.5) is 0 Å². The SMILES string of the molecule is CCNC(=O)[C@H](C(C)C)N(C)C(=O)[C@@H]1CCCN1. The van der Waals surface area contributed by atoms with Gasteiger partial charge in [-0.25, -0.2) is 0 Å². The predicted molar refractivity (Wildman–Crippen MR) is 71.1 cm³/mol. The lowest BCUT2D eigenvalue weighted by Crippen LogP contribution is -2.54. The van der Waals surface area contributed by atoms with Crippen molar-refractivity contribution >= 4 is 11.8 Å². The highest BCUT2D eigenvalue weighted by molar-refractivity contribution is 5.90. The van der Waals surface area contributed by atoms with Crippen LogP contribution in [0.15, 0.2) is 0 Å². The zero-order valence-corrected chi connectivity index (χ0v) is 11.8. The van der Waals surface area contributed by atoms with Gasteiger partial charge >= 0.3 is 0 Å². The van der Waals surface area contributed by atoms with E-state index in [9.17, 15) is 9.59 Å². The maximum absolute atomic E-state index is 12.3. The molecule has 5 heteroatoms. The quantitative estimate of drug-likeness (QED) is 0.745. The number of carbonyl (C=O) groups excluding carboxylic acids is 2. The van der Waals surface area contributed by atoms with Crippen LogP contribution in [-0.2, 0) is 9.59 Å². The van der Waals surface area contributed by atoms with E-state index in [1.807, 2.05) is 20.8 Å². The number of carbonyl (C=O) groups is 2. The van der Waals surface area contributed by atoms with E-state index in [1.165, 1.54) is 0 Å². The number of likely N-dealkylation sites (N-methyl/N-ethyl adjacent to an activating group) is 2. The second-order valence-corrected chi connectivity index (χ2v) is 5.18. The van der Waals surface area contributed by atoms with Crippen LogP contribution in [0.25, 0.3) is 0 Å². The van der Waals surface area contributed by atoms with Crippen molar-refractivity contribution < 1.29 is 9.59 Å². The fraction of sp³-hybridized carbons (Fsp3) is 0.846. The Morgan fingerprint density at radius 1 is 1.44 bits per heavy atom. The lowest BCUT2D eigenvalue weighted by molar-refractivity contribution is -0.141. The largest absolute Gasteiger partial charge is 0.355 e. The number of hydrogen-bond acceptors (Lipinski definition) is 3. The van der Waals surface area contributed by atoms with Gasteiger partial charge in [-0.05, 0) is 32.2 Å². The Kier molecular flexibility index (Phi) is 5.59. The van der Waals surface area contributed by atoms with Gasteiger partial charge in [0.25, 0.3) is 0 Å². The molecule has 5 nitrogen and oxygen atoms in total. The number of nitrogens with one attached hydrogen (secondary N) is 2. The van der Waals surface area contributed by atoms with Crippen molar-refractivity contribution in [1.29, 1.82) is 0 Å². The first kappa shape index (κ1) is 15.0. The molecule has 1 aliphatic rings. The van der Waals surface area contributed by atoms with Crippen LogP contribution < -0.4 is 10.6 Å². The molecule has 0 aromatic carbocycles. The predicted octanol–water partition coefficient (Wildman–Crippen LogP) is 0.358. The standard InChI is InChI=1S/C13H25N3O2/c1-5-14-12(17)11(9(2)3)16(4)13(18)10-7-6-8-15-10/h9-11,15H,5-8H2,1-4H3,(H,14,17)/t10-,11-/m0/s1. The molecule has 0 unspecified atom stereocenters. The minimum atomic E-state index is -0.389. The van der Waals surface area contributed by atoms with Crippen molar-refractivity contribution in [2.24, 2.45) is 5.92 Å². The van der Waals surface area contributed by atoms with Crippen molar-refractivity contribution in [2.45, 2.75) is 45.7 Å². The van der Waals surface area contributed by atoms with Gasteiger partial charge in [0.15, 0.2) is 0 Å². The van der Waals surface area contributed by atoms with Gasteiger partial charge in [-0.3, -0.25) is 9.59 Å². The molecular formula is C13H25N3O2. The molecule has 1 aliphatic heterocycles. The van der Waals surface area contributed by atoms with Crippen molar-refractivity contribution in [1.82, 2.24) is 15.5 Å². The van der Waals surface area contributed by atoms with Crippen LogP contribution in [0.5, 0.6) is 0 Å². The first-order chi connectivity index (χ1) is 8.49. The molecule has 0 aliphatic carbocycles. The van der Waals surface area contributed by atoms with E-state index < -0.39 is 0 Å². The van der Waals surface area contributed by atoms with Gasteiger partial charge in [-0.2, -0.15) is 0 Å². The van der Waals surface area contributed by atoms with E-state index in [2.05, 4.69) is 10.6 Å². The molecule has 1 saturated heterocycles. The second-order valence-electron chi connectivity index (χ2n) is 5.18. The van der Waals surface area contributed by atoms with E-state index in [0.29, 0.717) is 6.54 Å². The Bertz CT molecular complexity index is 299. The zero-order chi connectivity index (χ0) is 13.7. The normalized spacial score (nSPS) is 20.8. The minimum absolute atomic E-state index is 0.0254. The summed E-state index contributed by atoms with van der Waals surface area (Å²) >= 11 is 0. The van der Waals surface area contributed by atoms with Gasteiger partial charge in [0.2, 0.25) is 11.8 Å². The molecule has 0 saturated carbocycles. The average Bonchev–Trinajstić information content (AvgIpc) is 2.81. The second kappa shape index (κ2) is 6.73. The smallest absolute Gasteiger partial charge is 0.243 e. The average molecular weight is 255 g/mol. The molecule has 2 amide bonds. The van der Waals surface area contributed by atoms with Crippen LogP contribution in [0.3, 0.4) is 0 Å². The Morgan fingerprint density at radius 2 is 2.11 bits per heavy atom. The van der Waals surface area contributed by atoms with E-state index in [0.717, 1.165) is 19.4 Å². The zero-order valence-electron chi connectivity index (χ0n) is 11.8. The van der Waals surface area contributed by atoms with Crippen molar-refractivity contribution in [3.05, 3.63) is 0 Å². The highest BCUT2D eigenvalue weighted by atomic mass is 16.2. The van der Waals surface area contributed by atoms with Crippen LogP contribution in [0.1, 0.15) is 33.6 Å². The summed E-state index contributed by atoms with van der Waals surface area (Å²) in [6.45, 7) is 7.29. The molecule has 0 radical (unpaired) electrons. The highest BCUT2D eigenvalue weighted by Crippen LogP contribution is 2.14. The molecule has 2 atom stereocenters. The third-order valence-corrected chi connectivity index (χ3v) is 3.37. The minimum Gasteiger partial charge on any atom is -0.355 e. The topological polar surface area (TPSA) is 61.4 Å². The first-order valence-electron chi connectivity index (χ1n) is 6.76. The molecule has 18 heavy (non-hydrogen) atoms. The van der Waals surface area contributed by atoms with Crippen LogP contribution in [-0.4, -0.2) is 48.9 Å². The lowest BCUT2D eigenvalue weighted by Gasteiger charge is -2.31. The summed E-state index contributed by atoms with van der Waals surface area (Å²) in [5, 5.41) is 5.98. The van der Waals surface area contributed by atoms with E-state index in [-0.39, 0.29) is 29.8 Å². The molecule has 0 spiro atoms. The third-order valence-electron chi connectivity index (χ3n) is 3.37. The van der Waals surface area contributed by atoms with Crippen LogP contribution in [0.2, 0.25) is 0 Å².